The monoisotopic (exact) mass is 191 g/mol. The molecule has 0 heterocycles. The first-order valence-electron chi connectivity index (χ1n) is 5.87. The number of phenolic OH excluding ortho intramolecular Hbond substituents is 1. The predicted octanol–water partition coefficient (Wildman–Crippen LogP) is 1.57. The van der Waals surface area contributed by atoms with Crippen molar-refractivity contribution in [2.75, 3.05) is 11.1 Å². The third kappa shape index (κ3) is 2.43. The minimum atomic E-state index is -2.75. The summed E-state index contributed by atoms with van der Waals surface area (Å²) in [5, 5.41) is 11.1. The van der Waals surface area contributed by atoms with Crippen LogP contribution in [0.1, 0.15) is 8.22 Å². The van der Waals surface area contributed by atoms with Crippen LogP contribution in [-0.2, 0) is 4.79 Å². The summed E-state index contributed by atoms with van der Waals surface area (Å²) in [5.74, 6) is -4.92. The minimum Gasteiger partial charge on any atom is -0.508 e. The van der Waals surface area contributed by atoms with Gasteiger partial charge in [0.1, 0.15) is 11.6 Å². The maximum atomic E-state index is 11.3. The van der Waals surface area contributed by atoms with Gasteiger partial charge < -0.3 is 10.4 Å². The molecule has 2 N–H and O–H groups in total. The Balaban J connectivity index is 3.31. The summed E-state index contributed by atoms with van der Waals surface area (Å²) >= 11 is 5.10. The number of phenols is 1. The zero-order valence-electron chi connectivity index (χ0n) is 11.7. The average molecular weight is 192 g/mol. The number of benzene rings is 1. The first-order chi connectivity index (χ1) is 8.07. The smallest absolute Gasteiger partial charge is 0.239 e. The van der Waals surface area contributed by atoms with Crippen LogP contribution in [0.15, 0.2) is 24.2 Å². The van der Waals surface area contributed by atoms with Crippen molar-refractivity contribution in [3.8, 4) is 5.75 Å². The van der Waals surface area contributed by atoms with Crippen LogP contribution in [0.25, 0.3) is 0 Å². The number of aromatic hydroxyl groups is 1. The van der Waals surface area contributed by atoms with Gasteiger partial charge in [-0.15, -0.1) is 11.6 Å². The molecular formula is C8H8ClNO2. The highest BCUT2D eigenvalue weighted by molar-refractivity contribution is 6.29. The van der Waals surface area contributed by atoms with E-state index in [0.717, 1.165) is 0 Å². The van der Waals surface area contributed by atoms with Crippen molar-refractivity contribution in [3.05, 3.63) is 24.2 Å². The van der Waals surface area contributed by atoms with Gasteiger partial charge in [-0.2, -0.15) is 0 Å². The summed E-state index contributed by atoms with van der Waals surface area (Å²) in [6.07, 6.45) is 0. The van der Waals surface area contributed by atoms with Gasteiger partial charge in [0, 0.05) is 5.69 Å². The van der Waals surface area contributed by atoms with Crippen LogP contribution >= 0.6 is 11.6 Å². The molecule has 0 aromatic heterocycles. The van der Waals surface area contributed by atoms with Crippen molar-refractivity contribution >= 4 is 23.2 Å². The fourth-order valence-corrected chi connectivity index (χ4v) is 0.553. The van der Waals surface area contributed by atoms with Crippen molar-refractivity contribution in [2.24, 2.45) is 0 Å². The first kappa shape index (κ1) is 3.66. The second-order valence-electron chi connectivity index (χ2n) is 1.77. The Morgan fingerprint density at radius 1 is 1.67 bits per heavy atom. The molecule has 0 radical (unpaired) electrons. The van der Waals surface area contributed by atoms with Crippen molar-refractivity contribution in [1.82, 2.24) is 0 Å². The number of hydrogen-bond donors (Lipinski definition) is 2. The summed E-state index contributed by atoms with van der Waals surface area (Å²) in [6.45, 7) is 0. The normalized spacial score (nSPS) is 17.8. The molecular weight excluding hydrogens is 178 g/mol. The molecule has 1 aromatic carbocycles. The number of rotatable bonds is 2. The van der Waals surface area contributed by atoms with Crippen molar-refractivity contribution in [1.29, 1.82) is 0 Å². The Bertz CT molecular complexity index is 486. The molecule has 0 fully saturated rings. The maximum Gasteiger partial charge on any atom is 0.239 e. The van der Waals surface area contributed by atoms with Gasteiger partial charge >= 0.3 is 0 Å². The first-order valence-corrected chi connectivity index (χ1v) is 3.24. The van der Waals surface area contributed by atoms with E-state index in [1.165, 1.54) is 0 Å². The van der Waals surface area contributed by atoms with Gasteiger partial charge in [-0.3, -0.25) is 4.79 Å². The second kappa shape index (κ2) is 3.97. The van der Waals surface area contributed by atoms with E-state index < -0.39 is 47.3 Å². The molecule has 64 valence electrons. The van der Waals surface area contributed by atoms with Gasteiger partial charge in [-0.1, -0.05) is 0 Å². The van der Waals surface area contributed by atoms with Crippen LogP contribution in [0, 0.1) is 0 Å². The number of carbonyl (C=O) groups is 1. The highest BCUT2D eigenvalue weighted by Crippen LogP contribution is 2.13. The zero-order chi connectivity index (χ0) is 14.2. The minimum absolute atomic E-state index is 0.544. The molecule has 0 aliphatic heterocycles. The number of alkyl halides is 1. The lowest BCUT2D eigenvalue weighted by atomic mass is 10.3. The molecule has 12 heavy (non-hydrogen) atoms. The molecule has 0 aliphatic carbocycles. The molecule has 1 rings (SSSR count). The fraction of sp³-hybridized carbons (Fsp3) is 0.125. The molecule has 0 aliphatic rings. The van der Waals surface area contributed by atoms with E-state index >= 15 is 0 Å². The topological polar surface area (TPSA) is 49.3 Å². The predicted molar refractivity (Wildman–Crippen MR) is 47.5 cm³/mol. The fourth-order valence-electron chi connectivity index (χ4n) is 0.506. The number of carbonyl (C=O) groups excluding carboxylic acids is 1. The number of halogens is 1. The number of amides is 1. The Labute approximate surface area is 83.4 Å². The van der Waals surface area contributed by atoms with Crippen LogP contribution < -0.4 is 5.32 Å². The van der Waals surface area contributed by atoms with E-state index in [2.05, 4.69) is 0 Å². The van der Waals surface area contributed by atoms with Crippen LogP contribution in [0.3, 0.4) is 0 Å². The van der Waals surface area contributed by atoms with E-state index in [-0.39, 0.29) is 0 Å². The lowest BCUT2D eigenvalue weighted by Crippen LogP contribution is -2.12. The number of anilines is 1. The molecule has 0 saturated heterocycles. The highest BCUT2D eigenvalue weighted by Gasteiger charge is 1.98. The molecule has 0 spiro atoms. The largest absolute Gasteiger partial charge is 0.508 e. The second-order valence-corrected chi connectivity index (χ2v) is 1.96. The van der Waals surface area contributed by atoms with Gasteiger partial charge in [0.15, 0.2) is 0 Å². The van der Waals surface area contributed by atoms with Crippen LogP contribution in [0.4, 0.5) is 5.69 Å². The van der Waals surface area contributed by atoms with Gasteiger partial charge in [0.05, 0.1) is 8.22 Å². The molecule has 0 atom stereocenters. The van der Waals surface area contributed by atoms with Crippen LogP contribution in [0.5, 0.6) is 5.75 Å². The Kier molecular flexibility index (Phi) is 1.21. The zero-order valence-corrected chi connectivity index (χ0v) is 6.49. The lowest BCUT2D eigenvalue weighted by Gasteiger charge is -2.01. The van der Waals surface area contributed by atoms with E-state index in [0.29, 0.717) is 0 Å². The molecule has 4 heteroatoms. The van der Waals surface area contributed by atoms with E-state index in [1.54, 1.807) is 0 Å². The summed E-state index contributed by atoms with van der Waals surface area (Å²) in [6, 6.07) is -2.85. The molecule has 0 bridgehead atoms. The van der Waals surface area contributed by atoms with Gasteiger partial charge in [0.25, 0.3) is 0 Å². The maximum absolute atomic E-state index is 11.3. The van der Waals surface area contributed by atoms with Crippen molar-refractivity contribution < 1.29 is 18.1 Å². The van der Waals surface area contributed by atoms with E-state index in [4.69, 9.17) is 19.8 Å². The van der Waals surface area contributed by atoms with Crippen molar-refractivity contribution in [3.63, 3.8) is 0 Å². The number of nitrogens with one attached hydrogen (secondary N) is 1. The third-order valence-corrected chi connectivity index (χ3v) is 1.11. The van der Waals surface area contributed by atoms with Gasteiger partial charge in [0.2, 0.25) is 5.91 Å². The van der Waals surface area contributed by atoms with Crippen molar-refractivity contribution in [2.45, 2.75) is 0 Å². The summed E-state index contributed by atoms with van der Waals surface area (Å²) < 4.78 is 43.4. The lowest BCUT2D eigenvalue weighted by molar-refractivity contribution is -0.113. The van der Waals surface area contributed by atoms with Gasteiger partial charge in [-0.05, 0) is 24.2 Å². The molecule has 3 nitrogen and oxygen atoms in total. The molecule has 0 unspecified atom stereocenters. The summed E-state index contributed by atoms with van der Waals surface area (Å²) in [4.78, 5) is 11.3. The van der Waals surface area contributed by atoms with E-state index in [9.17, 15) is 9.90 Å². The summed E-state index contributed by atoms with van der Waals surface area (Å²) in [5.41, 5.74) is -0.544. The highest BCUT2D eigenvalue weighted by atomic mass is 35.5. The molecule has 0 saturated carbocycles. The Morgan fingerprint density at radius 3 is 2.75 bits per heavy atom. The Hall–Kier alpha value is -1.22. The summed E-state index contributed by atoms with van der Waals surface area (Å²) in [7, 11) is 0. The van der Waals surface area contributed by atoms with Crippen LogP contribution in [0.2, 0.25) is 0 Å². The number of hydrogen-bond acceptors (Lipinski definition) is 2. The quantitative estimate of drug-likeness (QED) is 0.551. The third-order valence-electron chi connectivity index (χ3n) is 0.936. The van der Waals surface area contributed by atoms with E-state index in [1.807, 2.05) is 5.32 Å². The standard InChI is InChI=1S/C8H8ClNO2/c9-5-8(12)10-6-1-3-7(11)4-2-6/h1-4,11H,5H2,(H,10,12)/i1D,2D,3D,4D,5D2. The SMILES string of the molecule is [2H]c1c([2H])c(NC(=O)C([2H])([2H])Cl)c([2H])c([2H])c1O. The Morgan fingerprint density at radius 2 is 2.25 bits per heavy atom. The van der Waals surface area contributed by atoms with Gasteiger partial charge in [-0.25, -0.2) is 0 Å². The molecule has 1 aromatic rings. The van der Waals surface area contributed by atoms with Crippen LogP contribution in [-0.4, -0.2) is 16.8 Å². The average Bonchev–Trinajstić information content (AvgIpc) is 2.28. The molecule has 1 amide bonds.